The molecule has 0 atom stereocenters. The maximum atomic E-state index is 13.1. The smallest absolute Gasteiger partial charge is 0.418 e. The number of likely N-dealkylation sites (tertiary alicyclic amines) is 1. The molecule has 1 aliphatic heterocycles. The van der Waals surface area contributed by atoms with Crippen molar-refractivity contribution >= 4 is 17.0 Å². The van der Waals surface area contributed by atoms with Crippen LogP contribution >= 0.6 is 0 Å². The van der Waals surface area contributed by atoms with E-state index >= 15 is 0 Å². The van der Waals surface area contributed by atoms with Crippen molar-refractivity contribution in [3.8, 4) is 5.75 Å². The van der Waals surface area contributed by atoms with E-state index in [1.165, 1.54) is 25.9 Å². The Hall–Kier alpha value is -2.05. The summed E-state index contributed by atoms with van der Waals surface area (Å²) in [6.07, 6.45) is 9.43. The van der Waals surface area contributed by atoms with Crippen LogP contribution in [-0.2, 0) is 11.2 Å². The highest BCUT2D eigenvalue weighted by atomic mass is 16.6. The van der Waals surface area contributed by atoms with Crippen LogP contribution in [0, 0.1) is 0 Å². The molecule has 0 amide bonds. The van der Waals surface area contributed by atoms with Gasteiger partial charge in [0, 0.05) is 30.2 Å². The van der Waals surface area contributed by atoms with Crippen molar-refractivity contribution in [2.75, 3.05) is 40.8 Å². The second-order valence-electron chi connectivity index (χ2n) is 9.02. The topological polar surface area (TPSA) is 46.9 Å². The molecule has 2 heterocycles. The molecular weight excluding hydrogens is 378 g/mol. The third-order valence-electron chi connectivity index (χ3n) is 6.69. The first-order chi connectivity index (χ1) is 14.5. The van der Waals surface area contributed by atoms with E-state index in [0.29, 0.717) is 6.04 Å². The van der Waals surface area contributed by atoms with E-state index in [1.54, 1.807) is 11.7 Å². The highest BCUT2D eigenvalue weighted by Gasteiger charge is 2.29. The van der Waals surface area contributed by atoms with Gasteiger partial charge in [0.25, 0.3) is 0 Å². The van der Waals surface area contributed by atoms with E-state index in [4.69, 9.17) is 9.47 Å². The van der Waals surface area contributed by atoms with Crippen molar-refractivity contribution in [3.05, 3.63) is 30.0 Å². The Bertz CT molecular complexity index is 862. The Morgan fingerprint density at radius 1 is 1.13 bits per heavy atom. The standard InChI is InChI=1S/C24H35N3O3/c1-25(2)15-12-18-17-27(23-16-21(29-3)10-11-22(18)23)24(28)30-20-8-6-19(7-9-20)26-13-4-5-14-26/h10-11,16-17,19-20H,4-9,12-15H2,1-3H3. The number of methoxy groups -OCH3 is 1. The van der Waals surface area contributed by atoms with Crippen LogP contribution in [0.25, 0.3) is 10.9 Å². The molecule has 2 fully saturated rings. The highest BCUT2D eigenvalue weighted by Crippen LogP contribution is 2.30. The Morgan fingerprint density at radius 3 is 2.53 bits per heavy atom. The van der Waals surface area contributed by atoms with Crippen LogP contribution in [0.4, 0.5) is 4.79 Å². The first kappa shape index (κ1) is 21.2. The van der Waals surface area contributed by atoms with Crippen LogP contribution in [0.15, 0.2) is 24.4 Å². The first-order valence-corrected chi connectivity index (χ1v) is 11.3. The van der Waals surface area contributed by atoms with Crippen molar-refractivity contribution in [1.82, 2.24) is 14.4 Å². The second kappa shape index (κ2) is 9.40. The van der Waals surface area contributed by atoms with Crippen LogP contribution in [0.3, 0.4) is 0 Å². The molecule has 2 aliphatic rings. The van der Waals surface area contributed by atoms with Gasteiger partial charge in [0.15, 0.2) is 0 Å². The molecule has 6 nitrogen and oxygen atoms in total. The fourth-order valence-corrected chi connectivity index (χ4v) is 4.93. The van der Waals surface area contributed by atoms with Gasteiger partial charge in [-0.05, 0) is 89.8 Å². The lowest BCUT2D eigenvalue weighted by Gasteiger charge is -2.34. The number of nitrogens with zero attached hydrogens (tertiary/aromatic N) is 3. The molecule has 0 unspecified atom stereocenters. The number of fused-ring (bicyclic) bond motifs is 1. The maximum absolute atomic E-state index is 13.1. The highest BCUT2D eigenvalue weighted by molar-refractivity contribution is 5.92. The summed E-state index contributed by atoms with van der Waals surface area (Å²) in [6, 6.07) is 6.61. The van der Waals surface area contributed by atoms with Crippen LogP contribution < -0.4 is 4.74 Å². The predicted octanol–water partition coefficient (Wildman–Crippen LogP) is 4.15. The molecule has 0 N–H and O–H groups in total. The van der Waals surface area contributed by atoms with E-state index in [2.05, 4.69) is 23.9 Å². The summed E-state index contributed by atoms with van der Waals surface area (Å²) in [5, 5.41) is 1.09. The Morgan fingerprint density at radius 2 is 1.87 bits per heavy atom. The van der Waals surface area contributed by atoms with Gasteiger partial charge in [-0.25, -0.2) is 4.79 Å². The van der Waals surface area contributed by atoms with Gasteiger partial charge >= 0.3 is 6.09 Å². The monoisotopic (exact) mass is 413 g/mol. The quantitative estimate of drug-likeness (QED) is 0.712. The zero-order valence-corrected chi connectivity index (χ0v) is 18.6. The van der Waals surface area contributed by atoms with E-state index in [1.807, 2.05) is 24.4 Å². The number of aromatic nitrogens is 1. The molecule has 164 valence electrons. The average Bonchev–Trinajstić information content (AvgIpc) is 3.40. The fourth-order valence-electron chi connectivity index (χ4n) is 4.93. The Labute approximate surface area is 179 Å². The van der Waals surface area contributed by atoms with Gasteiger partial charge in [-0.1, -0.05) is 0 Å². The number of carbonyl (C=O) groups is 1. The third kappa shape index (κ3) is 4.65. The van der Waals surface area contributed by atoms with Gasteiger partial charge in [0.2, 0.25) is 0 Å². The lowest BCUT2D eigenvalue weighted by Crippen LogP contribution is -2.38. The van der Waals surface area contributed by atoms with Crippen molar-refractivity contribution in [1.29, 1.82) is 0 Å². The first-order valence-electron chi connectivity index (χ1n) is 11.3. The van der Waals surface area contributed by atoms with Crippen LogP contribution in [0.1, 0.15) is 44.1 Å². The summed E-state index contributed by atoms with van der Waals surface area (Å²) >= 11 is 0. The number of likely N-dealkylation sites (N-methyl/N-ethyl adjacent to an activating group) is 1. The summed E-state index contributed by atoms with van der Waals surface area (Å²) in [5.41, 5.74) is 2.02. The second-order valence-corrected chi connectivity index (χ2v) is 9.02. The van der Waals surface area contributed by atoms with Crippen molar-refractivity contribution in [2.24, 2.45) is 0 Å². The molecule has 1 saturated carbocycles. The fraction of sp³-hybridized carbons (Fsp3) is 0.625. The van der Waals surface area contributed by atoms with Crippen molar-refractivity contribution < 1.29 is 14.3 Å². The molecule has 6 heteroatoms. The van der Waals surface area contributed by atoms with E-state index in [0.717, 1.165) is 60.9 Å². The van der Waals surface area contributed by atoms with Gasteiger partial charge in [0.05, 0.1) is 12.6 Å². The summed E-state index contributed by atoms with van der Waals surface area (Å²) in [5.74, 6) is 0.750. The minimum atomic E-state index is -0.269. The van der Waals surface area contributed by atoms with Gasteiger partial charge in [-0.2, -0.15) is 0 Å². The summed E-state index contributed by atoms with van der Waals surface area (Å²) in [7, 11) is 5.78. The molecule has 0 spiro atoms. The molecule has 1 aliphatic carbocycles. The van der Waals surface area contributed by atoms with Gasteiger partial charge < -0.3 is 19.3 Å². The zero-order chi connectivity index (χ0) is 21.1. The number of benzene rings is 1. The molecule has 0 radical (unpaired) electrons. The van der Waals surface area contributed by atoms with Gasteiger partial charge in [0.1, 0.15) is 11.9 Å². The Balaban J connectivity index is 1.46. The molecule has 1 aromatic heterocycles. The normalized spacial score (nSPS) is 22.7. The molecule has 1 saturated heterocycles. The lowest BCUT2D eigenvalue weighted by atomic mass is 9.92. The van der Waals surface area contributed by atoms with E-state index < -0.39 is 0 Å². The number of rotatable bonds is 6. The number of hydrogen-bond donors (Lipinski definition) is 0. The molecule has 30 heavy (non-hydrogen) atoms. The average molecular weight is 414 g/mol. The predicted molar refractivity (Wildman–Crippen MR) is 119 cm³/mol. The van der Waals surface area contributed by atoms with Crippen LogP contribution in [0.2, 0.25) is 0 Å². The van der Waals surface area contributed by atoms with E-state index in [9.17, 15) is 4.79 Å². The van der Waals surface area contributed by atoms with E-state index in [-0.39, 0.29) is 12.2 Å². The van der Waals surface area contributed by atoms with Gasteiger partial charge in [-0.15, -0.1) is 0 Å². The van der Waals surface area contributed by atoms with Gasteiger partial charge in [-0.3, -0.25) is 4.57 Å². The maximum Gasteiger partial charge on any atom is 0.418 e. The Kier molecular flexibility index (Phi) is 6.64. The van der Waals surface area contributed by atoms with Crippen LogP contribution in [0.5, 0.6) is 5.75 Å². The zero-order valence-electron chi connectivity index (χ0n) is 18.6. The largest absolute Gasteiger partial charge is 0.497 e. The van der Waals surface area contributed by atoms with Crippen molar-refractivity contribution in [2.45, 2.75) is 57.1 Å². The molecular formula is C24H35N3O3. The number of hydrogen-bond acceptors (Lipinski definition) is 5. The lowest BCUT2D eigenvalue weighted by molar-refractivity contribution is 0.0540. The minimum absolute atomic E-state index is 0.0182. The summed E-state index contributed by atoms with van der Waals surface area (Å²) < 4.78 is 13.0. The van der Waals surface area contributed by atoms with Crippen LogP contribution in [-0.4, -0.2) is 73.4 Å². The summed E-state index contributed by atoms with van der Waals surface area (Å²) in [6.45, 7) is 3.41. The SMILES string of the molecule is COc1ccc2c(CCN(C)C)cn(C(=O)OC3CCC(N4CCCC4)CC3)c2c1. The molecule has 0 bridgehead atoms. The molecule has 4 rings (SSSR count). The number of ether oxygens (including phenoxy) is 2. The molecule has 1 aromatic carbocycles. The number of carbonyl (C=O) groups excluding carboxylic acids is 1. The third-order valence-corrected chi connectivity index (χ3v) is 6.69. The minimum Gasteiger partial charge on any atom is -0.497 e. The summed E-state index contributed by atoms with van der Waals surface area (Å²) in [4.78, 5) is 17.9. The molecule has 2 aromatic rings. The van der Waals surface area contributed by atoms with Crippen molar-refractivity contribution in [3.63, 3.8) is 0 Å².